The molecule has 0 bridgehead atoms. The van der Waals surface area contributed by atoms with Gasteiger partial charge in [-0.05, 0) is 31.2 Å². The minimum Gasteiger partial charge on any atom is -0.462 e. The zero-order valence-electron chi connectivity index (χ0n) is 9.87. The maximum Gasteiger partial charge on any atom is 0.343 e. The molecule has 18 heavy (non-hydrogen) atoms. The highest BCUT2D eigenvalue weighted by molar-refractivity contribution is 6.17. The molecule has 0 heterocycles. The Morgan fingerprint density at radius 2 is 2.11 bits per heavy atom. The molecule has 0 aromatic heterocycles. The highest BCUT2D eigenvalue weighted by Crippen LogP contribution is 2.09. The average molecular weight is 251 g/mol. The molecule has 0 aliphatic carbocycles. The molecule has 0 radical (unpaired) electrons. The van der Waals surface area contributed by atoms with Crippen molar-refractivity contribution in [2.75, 3.05) is 11.9 Å². The second-order valence-corrected chi connectivity index (χ2v) is 3.34. The van der Waals surface area contributed by atoms with Crippen LogP contribution in [0.3, 0.4) is 0 Å². The molecule has 1 aromatic rings. The second kappa shape index (κ2) is 6.39. The van der Waals surface area contributed by atoms with Crippen molar-refractivity contribution >= 4 is 17.5 Å². The Kier molecular flexibility index (Phi) is 4.86. The third kappa shape index (κ3) is 3.89. The Hall–Kier alpha value is -2.37. The predicted molar refractivity (Wildman–Crippen MR) is 66.7 cm³/mol. The van der Waals surface area contributed by atoms with Crippen LogP contribution in [0, 0.1) is 11.2 Å². The van der Waals surface area contributed by atoms with Gasteiger partial charge in [-0.3, -0.25) is 5.41 Å². The predicted octanol–water partition coefficient (Wildman–Crippen LogP) is 1.62. The molecule has 0 spiro atoms. The molecule has 0 aliphatic heterocycles. The Morgan fingerprint density at radius 3 is 2.61 bits per heavy atom. The van der Waals surface area contributed by atoms with Gasteiger partial charge < -0.3 is 15.8 Å². The van der Waals surface area contributed by atoms with E-state index in [-0.39, 0.29) is 18.0 Å². The van der Waals surface area contributed by atoms with Crippen LogP contribution in [0.1, 0.15) is 6.92 Å². The number of rotatable bonds is 5. The minimum absolute atomic E-state index is 0.0822. The van der Waals surface area contributed by atoms with E-state index in [1.54, 1.807) is 6.92 Å². The lowest BCUT2D eigenvalue weighted by Gasteiger charge is -2.06. The minimum atomic E-state index is -0.681. The molecule has 96 valence electrons. The molecule has 0 unspecified atom stereocenters. The van der Waals surface area contributed by atoms with Crippen LogP contribution in [0.5, 0.6) is 0 Å². The fraction of sp³-hybridized carbons (Fsp3) is 0.167. The number of benzene rings is 1. The van der Waals surface area contributed by atoms with Gasteiger partial charge in [-0.2, -0.15) is 0 Å². The second-order valence-electron chi connectivity index (χ2n) is 3.34. The van der Waals surface area contributed by atoms with E-state index in [2.05, 4.69) is 5.32 Å². The quantitative estimate of drug-likeness (QED) is 0.321. The maximum atomic E-state index is 12.7. The first-order valence-corrected chi connectivity index (χ1v) is 5.28. The molecule has 0 saturated carbocycles. The van der Waals surface area contributed by atoms with Gasteiger partial charge in [0.15, 0.2) is 0 Å². The van der Waals surface area contributed by atoms with Crippen LogP contribution in [0.25, 0.3) is 0 Å². The fourth-order valence-corrected chi connectivity index (χ4v) is 1.16. The standard InChI is InChI=1S/C12H14FN3O2/c1-2-18-12(17)10(11(14)15)7-16-9-5-3-8(13)4-6-9/h3-7,16H,2H2,1H3,(H3,14,15)/b10-7+. The zero-order valence-corrected chi connectivity index (χ0v) is 9.87. The van der Waals surface area contributed by atoms with Crippen LogP contribution in [0.4, 0.5) is 10.1 Å². The van der Waals surface area contributed by atoms with E-state index in [1.165, 1.54) is 30.5 Å². The summed E-state index contributed by atoms with van der Waals surface area (Å²) in [6.45, 7) is 1.85. The van der Waals surface area contributed by atoms with Crippen LogP contribution < -0.4 is 11.1 Å². The summed E-state index contributed by atoms with van der Waals surface area (Å²) in [6, 6.07) is 5.53. The number of hydrogen-bond donors (Lipinski definition) is 3. The molecule has 4 N–H and O–H groups in total. The number of halogens is 1. The van der Waals surface area contributed by atoms with E-state index < -0.39 is 11.8 Å². The third-order valence-corrected chi connectivity index (χ3v) is 2.01. The zero-order chi connectivity index (χ0) is 13.5. The highest BCUT2D eigenvalue weighted by atomic mass is 19.1. The summed E-state index contributed by atoms with van der Waals surface area (Å²) in [6.07, 6.45) is 1.26. The molecule has 5 nitrogen and oxygen atoms in total. The summed E-state index contributed by atoms with van der Waals surface area (Å²) in [4.78, 5) is 11.4. The van der Waals surface area contributed by atoms with Crippen molar-refractivity contribution in [3.63, 3.8) is 0 Å². The van der Waals surface area contributed by atoms with Crippen molar-refractivity contribution in [3.05, 3.63) is 41.9 Å². The van der Waals surface area contributed by atoms with Crippen LogP contribution in [0.2, 0.25) is 0 Å². The summed E-state index contributed by atoms with van der Waals surface area (Å²) in [5.74, 6) is -1.44. The Bertz CT molecular complexity index is 469. The first kappa shape index (κ1) is 13.7. The Morgan fingerprint density at radius 1 is 1.50 bits per heavy atom. The van der Waals surface area contributed by atoms with Crippen molar-refractivity contribution in [2.45, 2.75) is 6.92 Å². The molecular weight excluding hydrogens is 237 g/mol. The van der Waals surface area contributed by atoms with Gasteiger partial charge in [-0.15, -0.1) is 0 Å². The largest absolute Gasteiger partial charge is 0.462 e. The van der Waals surface area contributed by atoms with Gasteiger partial charge in [0.2, 0.25) is 0 Å². The molecule has 0 fully saturated rings. The average Bonchev–Trinajstić information content (AvgIpc) is 2.31. The Labute approximate surface area is 104 Å². The first-order chi connectivity index (χ1) is 8.54. The number of amidine groups is 1. The molecule has 6 heteroatoms. The molecule has 0 amide bonds. The summed E-state index contributed by atoms with van der Waals surface area (Å²) in [5, 5.41) is 10.0. The number of nitrogens with two attached hydrogens (primary N) is 1. The van der Waals surface area contributed by atoms with Crippen LogP contribution in [-0.2, 0) is 9.53 Å². The number of carbonyl (C=O) groups is 1. The van der Waals surface area contributed by atoms with E-state index in [9.17, 15) is 9.18 Å². The number of carbonyl (C=O) groups excluding carboxylic acids is 1. The van der Waals surface area contributed by atoms with E-state index >= 15 is 0 Å². The van der Waals surface area contributed by atoms with Gasteiger partial charge in [0.1, 0.15) is 17.2 Å². The summed E-state index contributed by atoms with van der Waals surface area (Å²) >= 11 is 0. The van der Waals surface area contributed by atoms with Crippen LogP contribution in [0.15, 0.2) is 36.0 Å². The van der Waals surface area contributed by atoms with Crippen molar-refractivity contribution in [1.29, 1.82) is 5.41 Å². The number of hydrogen-bond acceptors (Lipinski definition) is 4. The first-order valence-electron chi connectivity index (χ1n) is 5.28. The number of nitrogens with one attached hydrogen (secondary N) is 2. The SMILES string of the molecule is CCOC(=O)/C(=C/Nc1ccc(F)cc1)C(=N)N. The molecule has 0 saturated heterocycles. The smallest absolute Gasteiger partial charge is 0.343 e. The van der Waals surface area contributed by atoms with Crippen LogP contribution >= 0.6 is 0 Å². The Balaban J connectivity index is 2.80. The molecule has 1 aromatic carbocycles. The summed E-state index contributed by atoms with van der Waals surface area (Å²) in [7, 11) is 0. The van der Waals surface area contributed by atoms with Crippen molar-refractivity contribution < 1.29 is 13.9 Å². The summed E-state index contributed by atoms with van der Waals surface area (Å²) in [5.41, 5.74) is 5.76. The van der Waals surface area contributed by atoms with Gasteiger partial charge in [-0.25, -0.2) is 9.18 Å². The monoisotopic (exact) mass is 251 g/mol. The van der Waals surface area contributed by atoms with E-state index in [1.807, 2.05) is 0 Å². The summed E-state index contributed by atoms with van der Waals surface area (Å²) < 4.78 is 17.4. The van der Waals surface area contributed by atoms with Crippen molar-refractivity contribution in [3.8, 4) is 0 Å². The van der Waals surface area contributed by atoms with Gasteiger partial charge in [0.25, 0.3) is 0 Å². The lowest BCUT2D eigenvalue weighted by molar-refractivity contribution is -0.137. The normalized spacial score (nSPS) is 10.9. The number of anilines is 1. The molecule has 0 atom stereocenters. The maximum absolute atomic E-state index is 12.7. The van der Waals surface area contributed by atoms with Crippen molar-refractivity contribution in [1.82, 2.24) is 0 Å². The van der Waals surface area contributed by atoms with Gasteiger partial charge in [0.05, 0.1) is 6.61 Å². The third-order valence-electron chi connectivity index (χ3n) is 2.01. The van der Waals surface area contributed by atoms with Gasteiger partial charge >= 0.3 is 5.97 Å². The lowest BCUT2D eigenvalue weighted by Crippen LogP contribution is -2.22. The van der Waals surface area contributed by atoms with E-state index in [0.29, 0.717) is 5.69 Å². The highest BCUT2D eigenvalue weighted by Gasteiger charge is 2.13. The number of esters is 1. The topological polar surface area (TPSA) is 88.2 Å². The van der Waals surface area contributed by atoms with E-state index in [0.717, 1.165) is 0 Å². The van der Waals surface area contributed by atoms with Crippen molar-refractivity contribution in [2.24, 2.45) is 5.73 Å². The molecule has 0 aliphatic rings. The number of ether oxygens (including phenoxy) is 1. The lowest BCUT2D eigenvalue weighted by atomic mass is 10.2. The fourth-order valence-electron chi connectivity index (χ4n) is 1.16. The van der Waals surface area contributed by atoms with E-state index in [4.69, 9.17) is 15.9 Å². The van der Waals surface area contributed by atoms with Crippen LogP contribution in [-0.4, -0.2) is 18.4 Å². The molecule has 1 rings (SSSR count). The van der Waals surface area contributed by atoms with Gasteiger partial charge in [0, 0.05) is 11.9 Å². The molecular formula is C12H14FN3O2. The van der Waals surface area contributed by atoms with Gasteiger partial charge in [-0.1, -0.05) is 0 Å².